The van der Waals surface area contributed by atoms with E-state index in [1.54, 1.807) is 0 Å². The molecule has 0 saturated heterocycles. The Labute approximate surface area is 288 Å². The van der Waals surface area contributed by atoms with Crippen LogP contribution in [0.1, 0.15) is 73.3 Å². The fourth-order valence-corrected chi connectivity index (χ4v) is 10.1. The van der Waals surface area contributed by atoms with Gasteiger partial charge in [-0.15, -0.1) is 0 Å². The smallest absolute Gasteiger partial charge is 0.114 e. The van der Waals surface area contributed by atoms with Gasteiger partial charge in [0.05, 0.1) is 17.1 Å². The van der Waals surface area contributed by atoms with E-state index in [1.807, 2.05) is 0 Å². The lowest BCUT2D eigenvalue weighted by Crippen LogP contribution is -2.48. The van der Waals surface area contributed by atoms with Crippen LogP contribution in [0.3, 0.4) is 0 Å². The van der Waals surface area contributed by atoms with Gasteiger partial charge in [-0.3, -0.25) is 0 Å². The molecule has 0 saturated carbocycles. The van der Waals surface area contributed by atoms with Crippen LogP contribution in [-0.2, 0) is 18.3 Å². The van der Waals surface area contributed by atoms with Gasteiger partial charge in [0.15, 0.2) is 0 Å². The van der Waals surface area contributed by atoms with Crippen molar-refractivity contribution in [2.24, 2.45) is 11.8 Å². The van der Waals surface area contributed by atoms with Crippen molar-refractivity contribution in [2.75, 3.05) is 4.90 Å². The zero-order valence-corrected chi connectivity index (χ0v) is 28.6. The van der Waals surface area contributed by atoms with Crippen molar-refractivity contribution < 1.29 is 4.42 Å². The highest BCUT2D eigenvalue weighted by molar-refractivity contribution is 6.10. The number of hydrogen-bond donors (Lipinski definition) is 0. The van der Waals surface area contributed by atoms with Crippen LogP contribution in [0.2, 0.25) is 0 Å². The minimum atomic E-state index is 0.00438. The molecule has 0 radical (unpaired) electrons. The molecule has 242 valence electrons. The summed E-state index contributed by atoms with van der Waals surface area (Å²) >= 11 is 0. The van der Waals surface area contributed by atoms with Gasteiger partial charge in [-0.1, -0.05) is 112 Å². The second-order valence-electron chi connectivity index (χ2n) is 15.2. The number of aromatic nitrogens is 1. The molecule has 6 aromatic rings. The van der Waals surface area contributed by atoms with Crippen molar-refractivity contribution in [3.8, 4) is 5.69 Å². The molecule has 4 aromatic carbocycles. The van der Waals surface area contributed by atoms with Crippen LogP contribution >= 0.6 is 0 Å². The number of allylic oxidation sites excluding steroid dienone is 3. The molecule has 3 heteroatoms. The number of para-hydroxylation sites is 2. The first-order chi connectivity index (χ1) is 24.0. The molecule has 0 N–H and O–H groups in total. The molecule has 2 heterocycles. The maximum absolute atomic E-state index is 6.67. The van der Waals surface area contributed by atoms with Gasteiger partial charge in [-0.2, -0.15) is 0 Å². The molecular formula is C46H42N2O. The van der Waals surface area contributed by atoms with E-state index < -0.39 is 0 Å². The molecule has 4 unspecified atom stereocenters. The van der Waals surface area contributed by atoms with E-state index in [0.717, 1.165) is 37.2 Å². The van der Waals surface area contributed by atoms with E-state index in [1.165, 1.54) is 61.1 Å². The highest BCUT2D eigenvalue weighted by atomic mass is 16.3. The molecule has 4 aliphatic rings. The van der Waals surface area contributed by atoms with E-state index >= 15 is 0 Å². The summed E-state index contributed by atoms with van der Waals surface area (Å²) in [5.41, 5.74) is 11.8. The lowest BCUT2D eigenvalue weighted by atomic mass is 9.65. The Kier molecular flexibility index (Phi) is 6.34. The van der Waals surface area contributed by atoms with Crippen molar-refractivity contribution in [1.29, 1.82) is 0 Å². The van der Waals surface area contributed by atoms with Crippen LogP contribution in [-0.4, -0.2) is 10.6 Å². The number of hydrogen-bond acceptors (Lipinski definition) is 2. The molecule has 2 aromatic heterocycles. The second kappa shape index (κ2) is 10.7. The normalized spacial score (nSPS) is 23.2. The fraction of sp³-hybridized carbons (Fsp3) is 0.261. The highest BCUT2D eigenvalue weighted by Gasteiger charge is 2.53. The Morgan fingerprint density at radius 1 is 0.776 bits per heavy atom. The third-order valence-corrected chi connectivity index (χ3v) is 12.2. The van der Waals surface area contributed by atoms with Gasteiger partial charge in [0.1, 0.15) is 11.5 Å². The van der Waals surface area contributed by atoms with E-state index in [0.29, 0.717) is 17.8 Å². The van der Waals surface area contributed by atoms with Crippen molar-refractivity contribution >= 4 is 39.3 Å². The summed E-state index contributed by atoms with van der Waals surface area (Å²) in [6.07, 6.45) is 16.2. The Bertz CT molecular complexity index is 2360. The molecule has 49 heavy (non-hydrogen) atoms. The first-order valence-electron chi connectivity index (χ1n) is 18.2. The van der Waals surface area contributed by atoms with Gasteiger partial charge in [0.2, 0.25) is 0 Å². The molecule has 0 bridgehead atoms. The monoisotopic (exact) mass is 638 g/mol. The molecular weight excluding hydrogens is 597 g/mol. The van der Waals surface area contributed by atoms with E-state index in [4.69, 9.17) is 4.42 Å². The SMILES string of the molecule is CC1C=CC(N(C2=CCCc3oc4c(c32)C=CCC4)c2ccc3c(c2)c2ccccc2n3-c2ccccc2)C2C1c1ccccc1C2(C)C. The minimum Gasteiger partial charge on any atom is -0.465 e. The Balaban J connectivity index is 1.23. The molecule has 4 aliphatic carbocycles. The minimum absolute atomic E-state index is 0.00438. The lowest BCUT2D eigenvalue weighted by molar-refractivity contribution is 0.238. The van der Waals surface area contributed by atoms with Crippen LogP contribution in [0.25, 0.3) is 39.3 Å². The third-order valence-electron chi connectivity index (χ3n) is 12.2. The number of rotatable bonds is 4. The lowest BCUT2D eigenvalue weighted by Gasteiger charge is -2.47. The summed E-state index contributed by atoms with van der Waals surface area (Å²) in [5.74, 6) is 3.63. The fourth-order valence-electron chi connectivity index (χ4n) is 10.1. The van der Waals surface area contributed by atoms with Crippen LogP contribution in [0.5, 0.6) is 0 Å². The van der Waals surface area contributed by atoms with Crippen molar-refractivity contribution in [1.82, 2.24) is 4.57 Å². The van der Waals surface area contributed by atoms with Crippen LogP contribution in [0.15, 0.2) is 126 Å². The predicted octanol–water partition coefficient (Wildman–Crippen LogP) is 11.4. The average molecular weight is 639 g/mol. The molecule has 0 aliphatic heterocycles. The summed E-state index contributed by atoms with van der Waals surface area (Å²) in [6, 6.07) is 36.3. The van der Waals surface area contributed by atoms with Crippen LogP contribution in [0, 0.1) is 11.8 Å². The standard InChI is InChI=1S/C46H42N2O/c1-29-24-26-40(45-43(29)33-17-7-10-19-36(33)46(45,2)3)48(39-21-13-23-42-44(39)34-18-9-12-22-41(34)49-42)31-25-27-38-35(28-31)32-16-8-11-20-37(32)47(38)30-14-5-4-6-15-30/h4-11,14-21,24-29,40,43,45H,12-13,22-23H2,1-3H3. The van der Waals surface area contributed by atoms with Crippen LogP contribution < -0.4 is 4.90 Å². The van der Waals surface area contributed by atoms with E-state index in [-0.39, 0.29) is 11.5 Å². The summed E-state index contributed by atoms with van der Waals surface area (Å²) in [7, 11) is 0. The zero-order chi connectivity index (χ0) is 32.9. The predicted molar refractivity (Wildman–Crippen MR) is 203 cm³/mol. The summed E-state index contributed by atoms with van der Waals surface area (Å²) in [5, 5.41) is 2.57. The third kappa shape index (κ3) is 4.14. The molecule has 0 spiro atoms. The number of fused-ring (bicyclic) bond motifs is 9. The second-order valence-corrected chi connectivity index (χ2v) is 15.2. The number of furan rings is 1. The topological polar surface area (TPSA) is 21.3 Å². The van der Waals surface area contributed by atoms with Crippen molar-refractivity contribution in [3.63, 3.8) is 0 Å². The summed E-state index contributed by atoms with van der Waals surface area (Å²) in [6.45, 7) is 7.41. The van der Waals surface area contributed by atoms with Gasteiger partial charge in [-0.05, 0) is 83.5 Å². The first kappa shape index (κ1) is 28.9. The van der Waals surface area contributed by atoms with Crippen LogP contribution in [0.4, 0.5) is 5.69 Å². The molecule has 3 nitrogen and oxygen atoms in total. The Morgan fingerprint density at radius 2 is 1.55 bits per heavy atom. The molecule has 0 fully saturated rings. The highest BCUT2D eigenvalue weighted by Crippen LogP contribution is 2.59. The molecule has 0 amide bonds. The summed E-state index contributed by atoms with van der Waals surface area (Å²) in [4.78, 5) is 2.72. The first-order valence-corrected chi connectivity index (χ1v) is 18.2. The van der Waals surface area contributed by atoms with Gasteiger partial charge >= 0.3 is 0 Å². The number of nitrogens with zero attached hydrogens (tertiary/aromatic N) is 2. The van der Waals surface area contributed by atoms with Gasteiger partial charge in [0, 0.05) is 51.8 Å². The molecule has 4 atom stereocenters. The number of benzene rings is 4. The maximum Gasteiger partial charge on any atom is 0.114 e. The molecule has 10 rings (SSSR count). The number of anilines is 1. The zero-order valence-electron chi connectivity index (χ0n) is 28.6. The summed E-state index contributed by atoms with van der Waals surface area (Å²) < 4.78 is 9.09. The quantitative estimate of drug-likeness (QED) is 0.179. The van der Waals surface area contributed by atoms with Gasteiger partial charge in [0.25, 0.3) is 0 Å². The van der Waals surface area contributed by atoms with Crippen molar-refractivity contribution in [2.45, 2.75) is 63.8 Å². The average Bonchev–Trinajstić information content (AvgIpc) is 3.76. The Morgan fingerprint density at radius 3 is 2.45 bits per heavy atom. The van der Waals surface area contributed by atoms with E-state index in [9.17, 15) is 0 Å². The van der Waals surface area contributed by atoms with Crippen molar-refractivity contribution in [3.05, 3.63) is 155 Å². The van der Waals surface area contributed by atoms with E-state index in [2.05, 4.69) is 158 Å². The Hall–Kier alpha value is -5.02. The van der Waals surface area contributed by atoms with Gasteiger partial charge < -0.3 is 13.9 Å². The number of aryl methyl sites for hydroxylation is 2. The van der Waals surface area contributed by atoms with Gasteiger partial charge in [-0.25, -0.2) is 0 Å². The largest absolute Gasteiger partial charge is 0.465 e. The maximum atomic E-state index is 6.67.